The maximum atomic E-state index is 13.1. The number of nitrogens with zero attached hydrogens (tertiary/aromatic N) is 2. The number of aliphatic hydroxyl groups is 1. The Hall–Kier alpha value is -3.58. The molecule has 0 aliphatic carbocycles. The van der Waals surface area contributed by atoms with Gasteiger partial charge in [0.05, 0.1) is 17.7 Å². The first-order valence-electron chi connectivity index (χ1n) is 11.3. The average molecular weight is 465 g/mol. The number of likely N-dealkylation sites (tertiary alicyclic amines) is 1. The van der Waals surface area contributed by atoms with Gasteiger partial charge in [-0.25, -0.2) is 0 Å². The molecule has 0 radical (unpaired) electrons. The van der Waals surface area contributed by atoms with Crippen molar-refractivity contribution in [2.24, 2.45) is 0 Å². The molecule has 7 heteroatoms. The number of hydrogen-bond acceptors (Lipinski definition) is 6. The van der Waals surface area contributed by atoms with Gasteiger partial charge in [0.15, 0.2) is 0 Å². The van der Waals surface area contributed by atoms with Gasteiger partial charge < -0.3 is 24.4 Å². The number of hydrogen-bond donors (Lipinski definition) is 1. The van der Waals surface area contributed by atoms with Crippen LogP contribution < -0.4 is 9.47 Å². The third-order valence-electron chi connectivity index (χ3n) is 5.37. The lowest BCUT2D eigenvalue weighted by atomic mass is 9.95. The fourth-order valence-corrected chi connectivity index (χ4v) is 3.81. The second-order valence-electron chi connectivity index (χ2n) is 8.66. The molecule has 0 bridgehead atoms. The quantitative estimate of drug-likeness (QED) is 0.248. The van der Waals surface area contributed by atoms with E-state index in [4.69, 9.17) is 9.47 Å². The molecule has 1 unspecified atom stereocenters. The average Bonchev–Trinajstić information content (AvgIpc) is 3.06. The molecule has 1 amide bonds. The molecule has 1 N–H and O–H groups in total. The SMILES string of the molecule is C=CCOc1cccc(C2/C(=C(/O)c3ccc(OC(C)C)cc3)C(=O)C(=O)N2CCN(C)C)c1. The van der Waals surface area contributed by atoms with Crippen LogP contribution in [0.3, 0.4) is 0 Å². The van der Waals surface area contributed by atoms with E-state index >= 15 is 0 Å². The summed E-state index contributed by atoms with van der Waals surface area (Å²) in [6.45, 7) is 8.74. The highest BCUT2D eigenvalue weighted by Crippen LogP contribution is 2.40. The van der Waals surface area contributed by atoms with E-state index in [0.29, 0.717) is 42.3 Å². The van der Waals surface area contributed by atoms with Crippen molar-refractivity contribution in [2.45, 2.75) is 26.0 Å². The predicted molar refractivity (Wildman–Crippen MR) is 132 cm³/mol. The molecule has 2 aromatic carbocycles. The molecule has 180 valence electrons. The molecule has 2 aromatic rings. The van der Waals surface area contributed by atoms with Crippen molar-refractivity contribution in [1.82, 2.24) is 9.80 Å². The molecule has 1 fully saturated rings. The highest BCUT2D eigenvalue weighted by Gasteiger charge is 2.46. The second kappa shape index (κ2) is 11.0. The van der Waals surface area contributed by atoms with E-state index in [1.54, 1.807) is 48.5 Å². The Kier molecular flexibility index (Phi) is 8.12. The van der Waals surface area contributed by atoms with Crippen LogP contribution in [-0.4, -0.2) is 66.5 Å². The zero-order chi connectivity index (χ0) is 24.8. The molecule has 0 aromatic heterocycles. The first-order chi connectivity index (χ1) is 16.2. The summed E-state index contributed by atoms with van der Waals surface area (Å²) in [7, 11) is 3.80. The minimum atomic E-state index is -0.737. The molecule has 1 heterocycles. The van der Waals surface area contributed by atoms with Gasteiger partial charge in [-0.2, -0.15) is 0 Å². The topological polar surface area (TPSA) is 79.3 Å². The lowest BCUT2D eigenvalue weighted by Crippen LogP contribution is -2.35. The highest BCUT2D eigenvalue weighted by atomic mass is 16.5. The van der Waals surface area contributed by atoms with Crippen LogP contribution in [0.1, 0.15) is 31.0 Å². The van der Waals surface area contributed by atoms with Crippen molar-refractivity contribution in [1.29, 1.82) is 0 Å². The van der Waals surface area contributed by atoms with E-state index in [1.165, 1.54) is 4.90 Å². The van der Waals surface area contributed by atoms with Gasteiger partial charge in [-0.3, -0.25) is 9.59 Å². The molecule has 1 aliphatic heterocycles. The van der Waals surface area contributed by atoms with E-state index in [0.717, 1.165) is 0 Å². The largest absolute Gasteiger partial charge is 0.507 e. The standard InChI is InChI=1S/C27H32N2O5/c1-6-16-33-22-9-7-8-20(17-22)24-23(26(31)27(32)29(24)15-14-28(4)5)25(30)19-10-12-21(13-11-19)34-18(2)3/h6-13,17-18,24,30H,1,14-16H2,2-5H3/b25-23-. The number of benzene rings is 2. The van der Waals surface area contributed by atoms with E-state index in [9.17, 15) is 14.7 Å². The number of Topliss-reactive ketones (excluding diaryl/α,β-unsaturated/α-hetero) is 1. The Balaban J connectivity index is 2.08. The van der Waals surface area contributed by atoms with Crippen LogP contribution >= 0.6 is 0 Å². The van der Waals surface area contributed by atoms with E-state index in [2.05, 4.69) is 6.58 Å². The van der Waals surface area contributed by atoms with Gasteiger partial charge in [-0.15, -0.1) is 0 Å². The molecular formula is C27H32N2O5. The van der Waals surface area contributed by atoms with Gasteiger partial charge in [0.2, 0.25) is 0 Å². The van der Waals surface area contributed by atoms with E-state index < -0.39 is 17.7 Å². The van der Waals surface area contributed by atoms with Crippen molar-refractivity contribution >= 4 is 17.4 Å². The molecule has 0 saturated carbocycles. The van der Waals surface area contributed by atoms with E-state index in [1.807, 2.05) is 38.9 Å². The highest BCUT2D eigenvalue weighted by molar-refractivity contribution is 6.46. The first-order valence-corrected chi connectivity index (χ1v) is 11.3. The van der Waals surface area contributed by atoms with Gasteiger partial charge in [0, 0.05) is 18.7 Å². The van der Waals surface area contributed by atoms with Gasteiger partial charge >= 0.3 is 0 Å². The summed E-state index contributed by atoms with van der Waals surface area (Å²) < 4.78 is 11.3. The number of aliphatic hydroxyl groups excluding tert-OH is 1. The monoisotopic (exact) mass is 464 g/mol. The lowest BCUT2D eigenvalue weighted by molar-refractivity contribution is -0.140. The van der Waals surface area contributed by atoms with Crippen molar-refractivity contribution in [2.75, 3.05) is 33.8 Å². The smallest absolute Gasteiger partial charge is 0.295 e. The Morgan fingerprint density at radius 3 is 2.47 bits per heavy atom. The number of likely N-dealkylation sites (N-methyl/N-ethyl adjacent to an activating group) is 1. The van der Waals surface area contributed by atoms with Crippen molar-refractivity contribution in [3.63, 3.8) is 0 Å². The number of amides is 1. The fourth-order valence-electron chi connectivity index (χ4n) is 3.81. The van der Waals surface area contributed by atoms with Gasteiger partial charge in [0.1, 0.15) is 23.9 Å². The van der Waals surface area contributed by atoms with E-state index in [-0.39, 0.29) is 17.4 Å². The zero-order valence-corrected chi connectivity index (χ0v) is 20.2. The van der Waals surface area contributed by atoms with Crippen molar-refractivity contribution < 1.29 is 24.2 Å². The molecule has 0 spiro atoms. The summed E-state index contributed by atoms with van der Waals surface area (Å²) in [5, 5.41) is 11.2. The van der Waals surface area contributed by atoms with Crippen molar-refractivity contribution in [3.05, 3.63) is 77.9 Å². The molecule has 1 saturated heterocycles. The lowest BCUT2D eigenvalue weighted by Gasteiger charge is -2.27. The summed E-state index contributed by atoms with van der Waals surface area (Å²) in [4.78, 5) is 29.6. The number of carbonyl (C=O) groups is 2. The maximum absolute atomic E-state index is 13.1. The van der Waals surface area contributed by atoms with Gasteiger partial charge in [-0.05, 0) is 69.9 Å². The number of carbonyl (C=O) groups excluding carboxylic acids is 2. The third kappa shape index (κ3) is 5.66. The molecule has 1 atom stereocenters. The number of rotatable bonds is 10. The number of ether oxygens (including phenoxy) is 2. The third-order valence-corrected chi connectivity index (χ3v) is 5.37. The van der Waals surface area contributed by atoms with Crippen LogP contribution in [-0.2, 0) is 9.59 Å². The maximum Gasteiger partial charge on any atom is 0.295 e. The van der Waals surface area contributed by atoms with Crippen LogP contribution in [0, 0.1) is 0 Å². The van der Waals surface area contributed by atoms with Crippen LogP contribution in [0.25, 0.3) is 5.76 Å². The summed E-state index contributed by atoms with van der Waals surface area (Å²) in [6.07, 6.45) is 1.65. The summed E-state index contributed by atoms with van der Waals surface area (Å²) in [6, 6.07) is 13.3. The molecule has 34 heavy (non-hydrogen) atoms. The zero-order valence-electron chi connectivity index (χ0n) is 20.2. The molecule has 7 nitrogen and oxygen atoms in total. The Bertz CT molecular complexity index is 1070. The summed E-state index contributed by atoms with van der Waals surface area (Å²) >= 11 is 0. The van der Waals surface area contributed by atoms with Gasteiger partial charge in [-0.1, -0.05) is 24.8 Å². The summed E-state index contributed by atoms with van der Waals surface area (Å²) in [5.41, 5.74) is 1.17. The summed E-state index contributed by atoms with van der Waals surface area (Å²) in [5.74, 6) is -0.316. The normalized spacial score (nSPS) is 17.5. The fraction of sp³-hybridized carbons (Fsp3) is 0.333. The van der Waals surface area contributed by atoms with Crippen LogP contribution in [0.2, 0.25) is 0 Å². The first kappa shape index (κ1) is 25.1. The van der Waals surface area contributed by atoms with Crippen LogP contribution in [0.15, 0.2) is 66.8 Å². The molecule has 3 rings (SSSR count). The minimum absolute atomic E-state index is 0.0112. The van der Waals surface area contributed by atoms with Crippen LogP contribution in [0.5, 0.6) is 11.5 Å². The Labute approximate surface area is 200 Å². The number of ketones is 1. The molecule has 1 aliphatic rings. The Morgan fingerprint density at radius 1 is 1.15 bits per heavy atom. The predicted octanol–water partition coefficient (Wildman–Crippen LogP) is 4.02. The van der Waals surface area contributed by atoms with Crippen molar-refractivity contribution in [3.8, 4) is 11.5 Å². The van der Waals surface area contributed by atoms with Gasteiger partial charge in [0.25, 0.3) is 11.7 Å². The van der Waals surface area contributed by atoms with Crippen LogP contribution in [0.4, 0.5) is 0 Å². The Morgan fingerprint density at radius 2 is 1.85 bits per heavy atom. The minimum Gasteiger partial charge on any atom is -0.507 e. The molecular weight excluding hydrogens is 432 g/mol. The second-order valence-corrected chi connectivity index (χ2v) is 8.66.